The first-order valence-corrected chi connectivity index (χ1v) is 7.13. The van der Waals surface area contributed by atoms with E-state index in [0.717, 1.165) is 12.1 Å². The minimum Gasteiger partial charge on any atom is -0.573 e. The second-order valence-electron chi connectivity index (χ2n) is 4.18. The molecular formula is C13H10F3N2O2S-. The summed E-state index contributed by atoms with van der Waals surface area (Å²) in [5, 5.41) is 0. The zero-order chi connectivity index (χ0) is 15.7. The molecule has 4 nitrogen and oxygen atoms in total. The fourth-order valence-electron chi connectivity index (χ4n) is 1.57. The molecular weight excluding hydrogens is 305 g/mol. The Bertz CT molecular complexity index is 741. The van der Waals surface area contributed by atoms with E-state index in [9.17, 15) is 21.6 Å². The maximum absolute atomic E-state index is 12.6. The van der Waals surface area contributed by atoms with Gasteiger partial charge in [-0.15, -0.1) is 5.69 Å². The molecule has 0 amide bonds. The Morgan fingerprint density at radius 1 is 1.00 bits per heavy atom. The van der Waals surface area contributed by atoms with Crippen molar-refractivity contribution >= 4 is 21.4 Å². The molecule has 21 heavy (non-hydrogen) atoms. The van der Waals surface area contributed by atoms with Gasteiger partial charge >= 0.3 is 6.18 Å². The predicted molar refractivity (Wildman–Crippen MR) is 72.5 cm³/mol. The van der Waals surface area contributed by atoms with Crippen molar-refractivity contribution < 1.29 is 21.6 Å². The quantitative estimate of drug-likeness (QED) is 0.878. The third-order valence-electron chi connectivity index (χ3n) is 2.58. The van der Waals surface area contributed by atoms with Crippen LogP contribution < -0.4 is 5.73 Å². The average Bonchev–Trinajstić information content (AvgIpc) is 2.38. The number of alkyl halides is 3. The lowest BCUT2D eigenvalue weighted by molar-refractivity contribution is -0.137. The van der Waals surface area contributed by atoms with Crippen LogP contribution in [0.3, 0.4) is 0 Å². The number of rotatable bonds is 3. The van der Waals surface area contributed by atoms with Crippen LogP contribution >= 0.6 is 0 Å². The smallest absolute Gasteiger partial charge is 0.416 e. The van der Waals surface area contributed by atoms with Gasteiger partial charge in [-0.2, -0.15) is 13.2 Å². The Labute approximate surface area is 119 Å². The van der Waals surface area contributed by atoms with E-state index in [1.54, 1.807) is 0 Å². The number of halogens is 3. The number of benzene rings is 2. The molecule has 0 unspecified atom stereocenters. The highest BCUT2D eigenvalue weighted by atomic mass is 32.2. The summed E-state index contributed by atoms with van der Waals surface area (Å²) in [6.07, 6.45) is -4.56. The summed E-state index contributed by atoms with van der Waals surface area (Å²) in [6.45, 7) is 0. The third-order valence-corrected chi connectivity index (χ3v) is 3.90. The fourth-order valence-corrected chi connectivity index (χ4v) is 2.55. The van der Waals surface area contributed by atoms with Crippen molar-refractivity contribution in [2.24, 2.45) is 0 Å². The number of nitrogens with two attached hydrogens (primary N) is 1. The van der Waals surface area contributed by atoms with Gasteiger partial charge in [0.05, 0.1) is 10.5 Å². The number of nitrogens with zero attached hydrogens (tertiary/aromatic N) is 1. The molecule has 8 heteroatoms. The van der Waals surface area contributed by atoms with Crippen LogP contribution in [0.5, 0.6) is 0 Å². The molecule has 0 saturated heterocycles. The van der Waals surface area contributed by atoms with Gasteiger partial charge in [-0.3, -0.25) is 0 Å². The van der Waals surface area contributed by atoms with Crippen LogP contribution in [-0.4, -0.2) is 8.42 Å². The number of hydrogen-bond acceptors (Lipinski definition) is 3. The monoisotopic (exact) mass is 315 g/mol. The minimum absolute atomic E-state index is 0.144. The lowest BCUT2D eigenvalue weighted by Crippen LogP contribution is -2.04. The number of hydrogen-bond donors (Lipinski definition) is 1. The molecule has 0 saturated carbocycles. The van der Waals surface area contributed by atoms with Gasteiger partial charge < -0.3 is 10.5 Å². The van der Waals surface area contributed by atoms with Crippen LogP contribution in [-0.2, 0) is 16.2 Å². The topological polar surface area (TPSA) is 74.3 Å². The Kier molecular flexibility index (Phi) is 3.82. The minimum atomic E-state index is -4.56. The molecule has 0 aliphatic rings. The molecule has 2 rings (SSSR count). The van der Waals surface area contributed by atoms with Crippen LogP contribution in [0.4, 0.5) is 24.5 Å². The summed E-state index contributed by atoms with van der Waals surface area (Å²) in [4.78, 5) is -0.144. The Morgan fingerprint density at radius 3 is 2.19 bits per heavy atom. The van der Waals surface area contributed by atoms with E-state index in [4.69, 9.17) is 5.73 Å². The fraction of sp³-hybridized carbons (Fsp3) is 0.0769. The van der Waals surface area contributed by atoms with Crippen molar-refractivity contribution in [3.63, 3.8) is 0 Å². The first-order chi connectivity index (χ1) is 9.68. The van der Waals surface area contributed by atoms with Gasteiger partial charge in [0, 0.05) is 5.69 Å². The van der Waals surface area contributed by atoms with Crippen LogP contribution in [0.2, 0.25) is 0 Å². The predicted octanol–water partition coefficient (Wildman–Crippen LogP) is 3.68. The van der Waals surface area contributed by atoms with Crippen LogP contribution in [0, 0.1) is 0 Å². The standard InChI is InChI=1S/C13H10F3N2O2S/c14-13(15,16)9-2-1-3-11(8-9)18-21(19,20)12-6-4-10(17)5-7-12/h1-8H,17H2/q-1. The highest BCUT2D eigenvalue weighted by Crippen LogP contribution is 2.34. The molecule has 2 aromatic rings. The van der Waals surface area contributed by atoms with Crippen molar-refractivity contribution in [3.8, 4) is 0 Å². The van der Waals surface area contributed by atoms with Gasteiger partial charge in [0.2, 0.25) is 0 Å². The van der Waals surface area contributed by atoms with E-state index in [1.165, 1.54) is 30.3 Å². The average molecular weight is 315 g/mol. The second kappa shape index (κ2) is 5.28. The molecule has 112 valence electrons. The van der Waals surface area contributed by atoms with E-state index in [-0.39, 0.29) is 10.6 Å². The number of anilines is 1. The summed E-state index contributed by atoms with van der Waals surface area (Å²) in [6, 6.07) is 9.01. The molecule has 0 atom stereocenters. The van der Waals surface area contributed by atoms with Crippen molar-refractivity contribution in [2.75, 3.05) is 5.73 Å². The normalized spacial score (nSPS) is 12.1. The van der Waals surface area contributed by atoms with Crippen molar-refractivity contribution in [1.82, 2.24) is 0 Å². The highest BCUT2D eigenvalue weighted by molar-refractivity contribution is 7.94. The molecule has 0 aliphatic carbocycles. The van der Waals surface area contributed by atoms with Gasteiger partial charge in [-0.1, -0.05) is 24.3 Å². The maximum Gasteiger partial charge on any atom is 0.416 e. The SMILES string of the molecule is Nc1ccc(S(=O)(=O)[N-]c2cccc(C(F)(F)F)c2)cc1. The summed E-state index contributed by atoms with van der Waals surface area (Å²) in [7, 11) is -4.09. The van der Waals surface area contributed by atoms with Gasteiger partial charge in [0.25, 0.3) is 0 Å². The first kappa shape index (κ1) is 15.2. The van der Waals surface area contributed by atoms with Crippen molar-refractivity contribution in [3.05, 3.63) is 58.8 Å². The Balaban J connectivity index is 2.31. The molecule has 0 aromatic heterocycles. The van der Waals surface area contributed by atoms with E-state index in [0.29, 0.717) is 11.8 Å². The third kappa shape index (κ3) is 3.66. The molecule has 2 aromatic carbocycles. The first-order valence-electron chi connectivity index (χ1n) is 5.69. The van der Waals surface area contributed by atoms with Crippen molar-refractivity contribution in [2.45, 2.75) is 11.1 Å². The molecule has 0 spiro atoms. The Hall–Kier alpha value is -2.22. The molecule has 0 bridgehead atoms. The zero-order valence-corrected chi connectivity index (χ0v) is 11.3. The largest absolute Gasteiger partial charge is 0.573 e. The molecule has 0 radical (unpaired) electrons. The maximum atomic E-state index is 12.6. The Morgan fingerprint density at radius 2 is 1.62 bits per heavy atom. The summed E-state index contributed by atoms with van der Waals surface area (Å²) in [5.74, 6) is 0. The highest BCUT2D eigenvalue weighted by Gasteiger charge is 2.29. The molecule has 0 heterocycles. The van der Waals surface area contributed by atoms with E-state index >= 15 is 0 Å². The van der Waals surface area contributed by atoms with Crippen molar-refractivity contribution in [1.29, 1.82) is 0 Å². The van der Waals surface area contributed by atoms with E-state index < -0.39 is 21.8 Å². The molecule has 2 N–H and O–H groups in total. The molecule has 0 fully saturated rings. The zero-order valence-electron chi connectivity index (χ0n) is 10.5. The molecule has 0 aliphatic heterocycles. The second-order valence-corrected chi connectivity index (χ2v) is 5.79. The number of sulfonamides is 1. The van der Waals surface area contributed by atoms with Crippen LogP contribution in [0.15, 0.2) is 53.4 Å². The summed E-state index contributed by atoms with van der Waals surface area (Å²) in [5.41, 5.74) is 4.56. The van der Waals surface area contributed by atoms with E-state index in [1.807, 2.05) is 0 Å². The van der Waals surface area contributed by atoms with Crippen LogP contribution in [0.25, 0.3) is 4.72 Å². The van der Waals surface area contributed by atoms with Crippen LogP contribution in [0.1, 0.15) is 5.56 Å². The number of nitrogen functional groups attached to an aromatic ring is 1. The van der Waals surface area contributed by atoms with Gasteiger partial charge in [0.15, 0.2) is 0 Å². The van der Waals surface area contributed by atoms with Gasteiger partial charge in [-0.25, -0.2) is 8.42 Å². The van der Waals surface area contributed by atoms with Gasteiger partial charge in [-0.05, 0) is 24.3 Å². The lowest BCUT2D eigenvalue weighted by Gasteiger charge is -2.23. The lowest BCUT2D eigenvalue weighted by atomic mass is 10.2. The summed E-state index contributed by atoms with van der Waals surface area (Å²) < 4.78 is 65.1. The summed E-state index contributed by atoms with van der Waals surface area (Å²) >= 11 is 0. The van der Waals surface area contributed by atoms with E-state index in [2.05, 4.69) is 4.72 Å². The van der Waals surface area contributed by atoms with Gasteiger partial charge in [0.1, 0.15) is 10.0 Å².